The molecule has 11 nitrogen and oxygen atoms in total. The van der Waals surface area contributed by atoms with Gasteiger partial charge in [-0.3, -0.25) is 19.7 Å². The Bertz CT molecular complexity index is 1510. The number of nitrogens with one attached hydrogen (secondary N) is 4. The summed E-state index contributed by atoms with van der Waals surface area (Å²) in [7, 11) is 3.13. The molecule has 2 aromatic carbocycles. The molecule has 0 radical (unpaired) electrons. The number of nitrogens with zero attached hydrogens (tertiary/aromatic N) is 3. The normalized spacial score (nSPS) is 16.5. The predicted molar refractivity (Wildman–Crippen MR) is 159 cm³/mol. The van der Waals surface area contributed by atoms with Crippen LogP contribution in [0.2, 0.25) is 0 Å². The minimum atomic E-state index is -0.875. The monoisotopic (exact) mass is 597 g/mol. The predicted octanol–water partition coefficient (Wildman–Crippen LogP) is 3.73. The second-order valence-electron chi connectivity index (χ2n) is 11.5. The molecule has 43 heavy (non-hydrogen) atoms. The zero-order chi connectivity index (χ0) is 31.5. The third-order valence-electron chi connectivity index (χ3n) is 7.41. The Morgan fingerprint density at radius 2 is 1.79 bits per heavy atom. The Labute approximate surface area is 248 Å². The van der Waals surface area contributed by atoms with Crippen LogP contribution in [-0.2, 0) is 14.4 Å². The second kappa shape index (κ2) is 12.9. The number of fused-ring (bicyclic) bond motifs is 1. The molecule has 230 valence electrons. The summed E-state index contributed by atoms with van der Waals surface area (Å²) in [6.07, 6.45) is 0.971. The maximum absolute atomic E-state index is 14.5. The van der Waals surface area contributed by atoms with E-state index in [1.165, 1.54) is 18.1 Å². The molecule has 4 N–H and O–H groups in total. The SMILES string of the molecule is CN[C@@H](C)C(=O)N[C@H](C(=O)N1CCC[C@H]1C(=O)Nc1nc(Nc2c(F)cccc2F)c2ccc(OC)cc2n1)C(C)(C)C. The Morgan fingerprint density at radius 1 is 1.09 bits per heavy atom. The van der Waals surface area contributed by atoms with Crippen molar-refractivity contribution in [2.45, 2.75) is 58.7 Å². The number of carbonyl (C=O) groups is 3. The van der Waals surface area contributed by atoms with Crippen molar-refractivity contribution in [1.29, 1.82) is 0 Å². The maximum atomic E-state index is 14.5. The minimum Gasteiger partial charge on any atom is -0.497 e. The third kappa shape index (κ3) is 6.99. The lowest BCUT2D eigenvalue weighted by Gasteiger charge is -2.35. The van der Waals surface area contributed by atoms with E-state index in [2.05, 4.69) is 31.2 Å². The van der Waals surface area contributed by atoms with Gasteiger partial charge in [0.2, 0.25) is 23.7 Å². The van der Waals surface area contributed by atoms with Crippen molar-refractivity contribution in [3.8, 4) is 5.75 Å². The second-order valence-corrected chi connectivity index (χ2v) is 11.5. The fourth-order valence-electron chi connectivity index (χ4n) is 4.83. The summed E-state index contributed by atoms with van der Waals surface area (Å²) < 4.78 is 34.3. The van der Waals surface area contributed by atoms with Crippen LogP contribution in [0, 0.1) is 17.0 Å². The number of amides is 3. The summed E-state index contributed by atoms with van der Waals surface area (Å²) in [5.41, 5.74) is -0.698. The number of para-hydroxylation sites is 1. The average molecular weight is 598 g/mol. The van der Waals surface area contributed by atoms with Crippen LogP contribution in [0.5, 0.6) is 5.75 Å². The van der Waals surface area contributed by atoms with Gasteiger partial charge in [-0.2, -0.15) is 4.98 Å². The number of halogens is 2. The highest BCUT2D eigenvalue weighted by Crippen LogP contribution is 2.31. The zero-order valence-corrected chi connectivity index (χ0v) is 25.0. The van der Waals surface area contributed by atoms with Crippen LogP contribution in [-0.4, -0.2) is 71.4 Å². The van der Waals surface area contributed by atoms with E-state index in [0.29, 0.717) is 36.0 Å². The molecule has 4 rings (SSSR count). The Kier molecular flexibility index (Phi) is 9.43. The molecule has 3 atom stereocenters. The van der Waals surface area contributed by atoms with Gasteiger partial charge in [-0.25, -0.2) is 13.8 Å². The summed E-state index contributed by atoms with van der Waals surface area (Å²) in [6.45, 7) is 7.55. The molecule has 3 aromatic rings. The average Bonchev–Trinajstić information content (AvgIpc) is 3.46. The Morgan fingerprint density at radius 3 is 2.42 bits per heavy atom. The molecule has 1 aliphatic rings. The molecule has 0 saturated carbocycles. The van der Waals surface area contributed by atoms with Gasteiger partial charge in [-0.1, -0.05) is 26.8 Å². The maximum Gasteiger partial charge on any atom is 0.249 e. The number of anilines is 3. The molecular weight excluding hydrogens is 560 g/mol. The highest BCUT2D eigenvalue weighted by molar-refractivity contribution is 6.00. The Balaban J connectivity index is 1.63. The largest absolute Gasteiger partial charge is 0.497 e. The zero-order valence-electron chi connectivity index (χ0n) is 25.0. The number of hydrogen-bond acceptors (Lipinski definition) is 8. The van der Waals surface area contributed by atoms with E-state index >= 15 is 0 Å². The smallest absolute Gasteiger partial charge is 0.249 e. The number of aromatic nitrogens is 2. The van der Waals surface area contributed by atoms with Gasteiger partial charge in [0.15, 0.2) is 0 Å². The number of carbonyl (C=O) groups excluding carboxylic acids is 3. The van der Waals surface area contributed by atoms with E-state index in [-0.39, 0.29) is 23.6 Å². The van der Waals surface area contributed by atoms with E-state index in [0.717, 1.165) is 12.1 Å². The molecule has 0 spiro atoms. The van der Waals surface area contributed by atoms with E-state index in [1.54, 1.807) is 32.2 Å². The molecule has 2 heterocycles. The number of likely N-dealkylation sites (N-methyl/N-ethyl adjacent to an activating group) is 1. The number of hydrogen-bond donors (Lipinski definition) is 4. The van der Waals surface area contributed by atoms with E-state index < -0.39 is 46.8 Å². The molecule has 1 aromatic heterocycles. The lowest BCUT2D eigenvalue weighted by molar-refractivity contribution is -0.143. The van der Waals surface area contributed by atoms with Gasteiger partial charge in [-0.05, 0) is 56.5 Å². The van der Waals surface area contributed by atoms with Gasteiger partial charge in [-0.15, -0.1) is 0 Å². The van der Waals surface area contributed by atoms with Gasteiger partial charge < -0.3 is 25.6 Å². The molecule has 3 amide bonds. The fourth-order valence-corrected chi connectivity index (χ4v) is 4.83. The lowest BCUT2D eigenvalue weighted by Crippen LogP contribution is -2.59. The van der Waals surface area contributed by atoms with Crippen molar-refractivity contribution in [2.75, 3.05) is 31.3 Å². The summed E-state index contributed by atoms with van der Waals surface area (Å²) in [6, 6.07) is 6.11. The topological polar surface area (TPSA) is 138 Å². The summed E-state index contributed by atoms with van der Waals surface area (Å²) >= 11 is 0. The first-order valence-corrected chi connectivity index (χ1v) is 14.0. The fraction of sp³-hybridized carbons (Fsp3) is 0.433. The molecule has 0 unspecified atom stereocenters. The van der Waals surface area contributed by atoms with Gasteiger partial charge in [0.1, 0.15) is 41.0 Å². The van der Waals surface area contributed by atoms with Crippen molar-refractivity contribution in [2.24, 2.45) is 5.41 Å². The molecule has 1 saturated heterocycles. The molecule has 1 fully saturated rings. The van der Waals surface area contributed by atoms with Crippen molar-refractivity contribution in [3.63, 3.8) is 0 Å². The van der Waals surface area contributed by atoms with Crippen LogP contribution in [0.1, 0.15) is 40.5 Å². The number of ether oxygens (including phenoxy) is 1. The standard InChI is InChI=1S/C30H37F2N7O4/c1-16(33-5)26(40)36-24(30(2,3)4)28(42)39-14-8-11-22(39)27(41)38-29-34-21-15-17(43-6)12-13-18(21)25(37-29)35-23-19(31)9-7-10-20(23)32/h7,9-10,12-13,15-16,22,24,33H,8,11,14H2,1-6H3,(H,36,40)(H2,34,35,37,38,41)/t16-,22-,24+/m0/s1. The van der Waals surface area contributed by atoms with Crippen LogP contribution in [0.3, 0.4) is 0 Å². The molecular formula is C30H37F2N7O4. The quantitative estimate of drug-likeness (QED) is 0.293. The van der Waals surface area contributed by atoms with Crippen molar-refractivity contribution in [3.05, 3.63) is 48.0 Å². The third-order valence-corrected chi connectivity index (χ3v) is 7.41. The number of benzene rings is 2. The molecule has 0 aliphatic carbocycles. The lowest BCUT2D eigenvalue weighted by atomic mass is 9.85. The van der Waals surface area contributed by atoms with E-state index in [1.807, 2.05) is 20.8 Å². The number of rotatable bonds is 9. The van der Waals surface area contributed by atoms with Crippen LogP contribution >= 0.6 is 0 Å². The first kappa shape index (κ1) is 31.5. The molecule has 1 aliphatic heterocycles. The van der Waals surface area contributed by atoms with Gasteiger partial charge in [0, 0.05) is 18.0 Å². The highest BCUT2D eigenvalue weighted by Gasteiger charge is 2.42. The first-order chi connectivity index (χ1) is 20.3. The van der Waals surface area contributed by atoms with Crippen LogP contribution < -0.4 is 26.0 Å². The van der Waals surface area contributed by atoms with Gasteiger partial charge in [0.05, 0.1) is 18.7 Å². The minimum absolute atomic E-state index is 0.0560. The van der Waals surface area contributed by atoms with Crippen LogP contribution in [0.4, 0.5) is 26.2 Å². The van der Waals surface area contributed by atoms with Gasteiger partial charge >= 0.3 is 0 Å². The van der Waals surface area contributed by atoms with Crippen molar-refractivity contribution >= 4 is 46.1 Å². The number of likely N-dealkylation sites (tertiary alicyclic amines) is 1. The van der Waals surface area contributed by atoms with Crippen LogP contribution in [0.15, 0.2) is 36.4 Å². The summed E-state index contributed by atoms with van der Waals surface area (Å²) in [4.78, 5) is 50.3. The van der Waals surface area contributed by atoms with Gasteiger partial charge in [0.25, 0.3) is 0 Å². The Hall–Kier alpha value is -4.39. The molecule has 13 heteroatoms. The highest BCUT2D eigenvalue weighted by atomic mass is 19.1. The number of methoxy groups -OCH3 is 1. The van der Waals surface area contributed by atoms with E-state index in [9.17, 15) is 23.2 Å². The summed E-state index contributed by atoms with van der Waals surface area (Å²) in [5, 5.41) is 11.5. The van der Waals surface area contributed by atoms with Crippen molar-refractivity contribution < 1.29 is 27.9 Å². The van der Waals surface area contributed by atoms with Crippen LogP contribution in [0.25, 0.3) is 10.9 Å². The summed E-state index contributed by atoms with van der Waals surface area (Å²) in [5.74, 6) is -2.48. The van der Waals surface area contributed by atoms with Crippen molar-refractivity contribution in [1.82, 2.24) is 25.5 Å². The first-order valence-electron chi connectivity index (χ1n) is 14.0. The van der Waals surface area contributed by atoms with E-state index in [4.69, 9.17) is 4.74 Å². The molecule has 0 bridgehead atoms.